The molecule has 2 rings (SSSR count). The van der Waals surface area contributed by atoms with Gasteiger partial charge >= 0.3 is 0 Å². The van der Waals surface area contributed by atoms with E-state index in [1.807, 2.05) is 0 Å². The molecule has 0 aliphatic heterocycles. The molecule has 4 unspecified atom stereocenters. The maximum Gasteiger partial charge on any atom is 0.0110 e. The van der Waals surface area contributed by atoms with Gasteiger partial charge in [0, 0.05) is 6.04 Å². The van der Waals surface area contributed by atoms with Crippen molar-refractivity contribution in [3.63, 3.8) is 0 Å². The van der Waals surface area contributed by atoms with Crippen molar-refractivity contribution in [1.82, 2.24) is 5.32 Å². The van der Waals surface area contributed by atoms with E-state index in [9.17, 15) is 0 Å². The summed E-state index contributed by atoms with van der Waals surface area (Å²) in [6, 6.07) is 0.494. The second-order valence-electron chi connectivity index (χ2n) is 5.63. The minimum absolute atomic E-state index is 0.494. The van der Waals surface area contributed by atoms with Crippen molar-refractivity contribution in [3.05, 3.63) is 0 Å². The summed E-state index contributed by atoms with van der Waals surface area (Å²) in [5, 5.41) is 3.56. The molecular formula is C12H24N2. The van der Waals surface area contributed by atoms with E-state index in [1.165, 1.54) is 19.3 Å². The lowest BCUT2D eigenvalue weighted by Crippen LogP contribution is -2.41. The van der Waals surface area contributed by atoms with Crippen LogP contribution in [0.4, 0.5) is 0 Å². The number of nitrogens with two attached hydrogens (primary N) is 1. The number of fused-ring (bicyclic) bond motifs is 2. The lowest BCUT2D eigenvalue weighted by molar-refractivity contribution is 0.275. The predicted molar refractivity (Wildman–Crippen MR) is 60.0 cm³/mol. The highest BCUT2D eigenvalue weighted by atomic mass is 14.9. The summed E-state index contributed by atoms with van der Waals surface area (Å²) in [6.45, 7) is 6.81. The zero-order valence-corrected chi connectivity index (χ0v) is 9.50. The van der Waals surface area contributed by atoms with Crippen LogP contribution in [-0.2, 0) is 0 Å². The van der Waals surface area contributed by atoms with Crippen LogP contribution in [0.25, 0.3) is 0 Å². The summed E-state index contributed by atoms with van der Waals surface area (Å²) in [5.74, 6) is 3.32. The van der Waals surface area contributed by atoms with Gasteiger partial charge in [0.25, 0.3) is 0 Å². The van der Waals surface area contributed by atoms with Gasteiger partial charge in [0.2, 0.25) is 0 Å². The summed E-state index contributed by atoms with van der Waals surface area (Å²) in [4.78, 5) is 0. The highest BCUT2D eigenvalue weighted by Gasteiger charge is 2.45. The summed E-state index contributed by atoms with van der Waals surface area (Å²) >= 11 is 0. The van der Waals surface area contributed by atoms with Crippen molar-refractivity contribution in [2.45, 2.75) is 39.2 Å². The normalized spacial score (nSPS) is 41.1. The number of rotatable bonds is 4. The van der Waals surface area contributed by atoms with Gasteiger partial charge < -0.3 is 11.1 Å². The molecule has 2 bridgehead atoms. The molecule has 2 aliphatic rings. The Bertz CT molecular complexity index is 189. The summed E-state index contributed by atoms with van der Waals surface area (Å²) < 4.78 is 0. The topological polar surface area (TPSA) is 38.0 Å². The second kappa shape index (κ2) is 4.19. The molecule has 0 radical (unpaired) electrons. The Kier molecular flexibility index (Phi) is 3.13. The first-order valence-electron chi connectivity index (χ1n) is 6.14. The van der Waals surface area contributed by atoms with Gasteiger partial charge in [-0.15, -0.1) is 0 Å². The smallest absolute Gasteiger partial charge is 0.0110 e. The van der Waals surface area contributed by atoms with Crippen molar-refractivity contribution < 1.29 is 0 Å². The number of hydrogen-bond donors (Lipinski definition) is 2. The molecule has 0 aromatic rings. The van der Waals surface area contributed by atoms with Crippen molar-refractivity contribution in [2.75, 3.05) is 13.1 Å². The SMILES string of the molecule is CC(C)CNCC1C2CCC(C2)C1N. The molecule has 0 aromatic carbocycles. The van der Waals surface area contributed by atoms with Gasteiger partial charge in [-0.25, -0.2) is 0 Å². The molecule has 4 atom stereocenters. The van der Waals surface area contributed by atoms with Crippen molar-refractivity contribution in [2.24, 2.45) is 29.4 Å². The van der Waals surface area contributed by atoms with Crippen LogP contribution in [0.5, 0.6) is 0 Å². The fourth-order valence-corrected chi connectivity index (χ4v) is 3.30. The fraction of sp³-hybridized carbons (Fsp3) is 1.00. The molecule has 2 heteroatoms. The Morgan fingerprint density at radius 3 is 2.57 bits per heavy atom. The fourth-order valence-electron chi connectivity index (χ4n) is 3.30. The van der Waals surface area contributed by atoms with Crippen molar-refractivity contribution in [1.29, 1.82) is 0 Å². The molecule has 0 amide bonds. The van der Waals surface area contributed by atoms with Crippen LogP contribution in [0.1, 0.15) is 33.1 Å². The molecule has 3 N–H and O–H groups in total. The lowest BCUT2D eigenvalue weighted by atomic mass is 9.85. The van der Waals surface area contributed by atoms with E-state index in [-0.39, 0.29) is 0 Å². The highest BCUT2D eigenvalue weighted by molar-refractivity contribution is 4.99. The molecule has 0 saturated heterocycles. The molecule has 0 spiro atoms. The molecule has 2 saturated carbocycles. The Hall–Kier alpha value is -0.0800. The van der Waals surface area contributed by atoms with E-state index in [2.05, 4.69) is 19.2 Å². The molecule has 2 aliphatic carbocycles. The molecule has 2 fully saturated rings. The first kappa shape index (κ1) is 10.4. The quantitative estimate of drug-likeness (QED) is 0.717. The van der Waals surface area contributed by atoms with Crippen LogP contribution in [0, 0.1) is 23.7 Å². The Balaban J connectivity index is 1.76. The van der Waals surface area contributed by atoms with Gasteiger partial charge in [-0.2, -0.15) is 0 Å². The predicted octanol–water partition coefficient (Wildman–Crippen LogP) is 1.61. The van der Waals surface area contributed by atoms with E-state index >= 15 is 0 Å². The first-order chi connectivity index (χ1) is 6.68. The van der Waals surface area contributed by atoms with E-state index in [4.69, 9.17) is 5.73 Å². The summed E-state index contributed by atoms with van der Waals surface area (Å²) in [7, 11) is 0. The molecule has 2 nitrogen and oxygen atoms in total. The number of hydrogen-bond acceptors (Lipinski definition) is 2. The Morgan fingerprint density at radius 1 is 1.29 bits per heavy atom. The Labute approximate surface area is 87.6 Å². The maximum absolute atomic E-state index is 6.24. The van der Waals surface area contributed by atoms with Gasteiger partial charge in [0.15, 0.2) is 0 Å². The van der Waals surface area contributed by atoms with Crippen molar-refractivity contribution in [3.8, 4) is 0 Å². The van der Waals surface area contributed by atoms with Gasteiger partial charge in [-0.3, -0.25) is 0 Å². The number of nitrogens with one attached hydrogen (secondary N) is 1. The molecular weight excluding hydrogens is 172 g/mol. The zero-order chi connectivity index (χ0) is 10.1. The minimum atomic E-state index is 0.494. The third-order valence-corrected chi connectivity index (χ3v) is 4.09. The standard InChI is InChI=1S/C12H24N2/c1-8(2)6-14-7-11-9-3-4-10(5-9)12(11)13/h8-12,14H,3-7,13H2,1-2H3. The summed E-state index contributed by atoms with van der Waals surface area (Å²) in [5.41, 5.74) is 6.24. The maximum atomic E-state index is 6.24. The highest BCUT2D eigenvalue weighted by Crippen LogP contribution is 2.47. The van der Waals surface area contributed by atoms with Crippen molar-refractivity contribution >= 4 is 0 Å². The third kappa shape index (κ3) is 1.96. The van der Waals surface area contributed by atoms with Gasteiger partial charge in [0.1, 0.15) is 0 Å². The minimum Gasteiger partial charge on any atom is -0.327 e. The van der Waals surface area contributed by atoms with Crippen LogP contribution in [0.3, 0.4) is 0 Å². The Morgan fingerprint density at radius 2 is 2.00 bits per heavy atom. The van der Waals surface area contributed by atoms with E-state index in [0.29, 0.717) is 6.04 Å². The van der Waals surface area contributed by atoms with Crippen LogP contribution >= 0.6 is 0 Å². The third-order valence-electron chi connectivity index (χ3n) is 4.09. The largest absolute Gasteiger partial charge is 0.327 e. The van der Waals surface area contributed by atoms with Crippen LogP contribution in [0.15, 0.2) is 0 Å². The summed E-state index contributed by atoms with van der Waals surface area (Å²) in [6.07, 6.45) is 4.24. The second-order valence-corrected chi connectivity index (χ2v) is 5.63. The van der Waals surface area contributed by atoms with Crippen LogP contribution < -0.4 is 11.1 Å². The molecule has 0 aromatic heterocycles. The molecule has 82 valence electrons. The van der Waals surface area contributed by atoms with Crippen LogP contribution in [-0.4, -0.2) is 19.1 Å². The average Bonchev–Trinajstić information content (AvgIpc) is 2.68. The van der Waals surface area contributed by atoms with E-state index in [1.54, 1.807) is 0 Å². The van der Waals surface area contributed by atoms with Crippen LogP contribution in [0.2, 0.25) is 0 Å². The lowest BCUT2D eigenvalue weighted by Gasteiger charge is -2.28. The van der Waals surface area contributed by atoms with E-state index < -0.39 is 0 Å². The molecule has 14 heavy (non-hydrogen) atoms. The van der Waals surface area contributed by atoms with E-state index in [0.717, 1.165) is 36.8 Å². The first-order valence-corrected chi connectivity index (χ1v) is 6.14. The monoisotopic (exact) mass is 196 g/mol. The molecule has 0 heterocycles. The van der Waals surface area contributed by atoms with Gasteiger partial charge in [0.05, 0.1) is 0 Å². The average molecular weight is 196 g/mol. The van der Waals surface area contributed by atoms with Gasteiger partial charge in [-0.05, 0) is 56.0 Å². The van der Waals surface area contributed by atoms with Gasteiger partial charge in [-0.1, -0.05) is 13.8 Å². The zero-order valence-electron chi connectivity index (χ0n) is 9.50.